The van der Waals surface area contributed by atoms with E-state index in [-0.39, 0.29) is 12.1 Å². The Bertz CT molecular complexity index is 1120. The summed E-state index contributed by atoms with van der Waals surface area (Å²) >= 11 is 5.84. The molecule has 3 aromatic rings. The van der Waals surface area contributed by atoms with Crippen LogP contribution in [0, 0.1) is 5.92 Å². The smallest absolute Gasteiger partial charge is 0.266 e. The molecule has 0 spiro atoms. The van der Waals surface area contributed by atoms with Gasteiger partial charge in [-0.2, -0.15) is 0 Å². The van der Waals surface area contributed by atoms with Crippen molar-refractivity contribution >= 4 is 29.1 Å². The molecule has 5 nitrogen and oxygen atoms in total. The normalized spacial score (nSPS) is 17.6. The van der Waals surface area contributed by atoms with Gasteiger partial charge in [-0.05, 0) is 59.7 Å². The third kappa shape index (κ3) is 5.11. The fourth-order valence-corrected chi connectivity index (χ4v) is 3.89. The van der Waals surface area contributed by atoms with Gasteiger partial charge in [0.2, 0.25) is 5.91 Å². The average Bonchev–Trinajstić information content (AvgIpc) is 2.79. The largest absolute Gasteiger partial charge is 0.332 e. The van der Waals surface area contributed by atoms with Crippen LogP contribution in [0.25, 0.3) is 11.1 Å². The lowest BCUT2D eigenvalue weighted by molar-refractivity contribution is -0.130. The number of halogens is 3. The van der Waals surface area contributed by atoms with Crippen LogP contribution in [0.3, 0.4) is 0 Å². The van der Waals surface area contributed by atoms with Crippen molar-refractivity contribution in [1.82, 2.24) is 9.88 Å². The first-order valence-electron chi connectivity index (χ1n) is 10.0. The molecule has 1 atom stereocenters. The fraction of sp³-hybridized carbons (Fsp3) is 0.208. The van der Waals surface area contributed by atoms with E-state index < -0.39 is 36.6 Å². The van der Waals surface area contributed by atoms with Gasteiger partial charge in [-0.25, -0.2) is 8.78 Å². The zero-order valence-electron chi connectivity index (χ0n) is 17.0. The molecule has 32 heavy (non-hydrogen) atoms. The van der Waals surface area contributed by atoms with Crippen molar-refractivity contribution in [2.75, 3.05) is 18.4 Å². The number of likely N-dealkylation sites (tertiary alicyclic amines) is 1. The van der Waals surface area contributed by atoms with Gasteiger partial charge in [0.05, 0.1) is 12.5 Å². The second-order valence-electron chi connectivity index (χ2n) is 7.76. The monoisotopic (exact) mass is 455 g/mol. The van der Waals surface area contributed by atoms with E-state index in [0.29, 0.717) is 10.7 Å². The van der Waals surface area contributed by atoms with E-state index >= 15 is 0 Å². The summed E-state index contributed by atoms with van der Waals surface area (Å²) in [6, 6.07) is 16.8. The van der Waals surface area contributed by atoms with E-state index in [4.69, 9.17) is 11.6 Å². The zero-order valence-corrected chi connectivity index (χ0v) is 17.7. The third-order valence-electron chi connectivity index (χ3n) is 5.30. The molecule has 1 fully saturated rings. The summed E-state index contributed by atoms with van der Waals surface area (Å²) in [6.07, 6.45) is 2.66. The predicted molar refractivity (Wildman–Crippen MR) is 119 cm³/mol. The summed E-state index contributed by atoms with van der Waals surface area (Å²) in [4.78, 5) is 30.8. The van der Waals surface area contributed by atoms with Crippen molar-refractivity contribution in [3.63, 3.8) is 0 Å². The molecule has 1 aliphatic rings. The Labute approximate surface area is 189 Å². The van der Waals surface area contributed by atoms with Crippen LogP contribution in [0.1, 0.15) is 16.8 Å². The first-order chi connectivity index (χ1) is 15.3. The van der Waals surface area contributed by atoms with Crippen molar-refractivity contribution in [3.05, 3.63) is 83.6 Å². The van der Waals surface area contributed by atoms with E-state index in [9.17, 15) is 18.4 Å². The van der Waals surface area contributed by atoms with Gasteiger partial charge < -0.3 is 10.2 Å². The van der Waals surface area contributed by atoms with Gasteiger partial charge in [0.25, 0.3) is 11.8 Å². The molecule has 0 saturated carbocycles. The van der Waals surface area contributed by atoms with Gasteiger partial charge >= 0.3 is 0 Å². The summed E-state index contributed by atoms with van der Waals surface area (Å²) in [6.45, 7) is -0.816. The van der Waals surface area contributed by atoms with E-state index in [0.717, 1.165) is 16.0 Å². The van der Waals surface area contributed by atoms with Gasteiger partial charge in [-0.15, -0.1) is 0 Å². The van der Waals surface area contributed by atoms with Gasteiger partial charge in [0.1, 0.15) is 0 Å². The lowest BCUT2D eigenvalue weighted by Crippen LogP contribution is -2.52. The second kappa shape index (κ2) is 9.04. The number of pyridine rings is 1. The minimum atomic E-state index is -3.17. The quantitative estimate of drug-likeness (QED) is 0.592. The number of aromatic nitrogens is 1. The van der Waals surface area contributed by atoms with Crippen molar-refractivity contribution in [2.24, 2.45) is 5.92 Å². The number of hydrogen-bond acceptors (Lipinski definition) is 3. The van der Waals surface area contributed by atoms with Crippen LogP contribution in [0.2, 0.25) is 5.02 Å². The third-order valence-corrected chi connectivity index (χ3v) is 5.55. The molecule has 1 saturated heterocycles. The number of piperidine rings is 1. The summed E-state index contributed by atoms with van der Waals surface area (Å²) in [5.74, 6) is -5.31. The Kier molecular flexibility index (Phi) is 6.19. The molecule has 2 heterocycles. The van der Waals surface area contributed by atoms with Gasteiger partial charge in [-0.1, -0.05) is 23.7 Å². The van der Waals surface area contributed by atoms with Gasteiger partial charge in [0.15, 0.2) is 0 Å². The number of amides is 2. The van der Waals surface area contributed by atoms with Crippen molar-refractivity contribution in [2.45, 2.75) is 12.3 Å². The van der Waals surface area contributed by atoms with Crippen LogP contribution in [0.15, 0.2) is 73.1 Å². The summed E-state index contributed by atoms with van der Waals surface area (Å²) in [5, 5.41) is 3.13. The van der Waals surface area contributed by atoms with Gasteiger partial charge in [0, 0.05) is 41.6 Å². The standard InChI is InChI=1S/C24H20ClF2N3O2/c25-20-4-6-21(7-5-20)29-22(31)19-13-24(26,27)15-30(14-19)23(32)18-3-1-2-17(12-18)16-8-10-28-11-9-16/h1-12,19H,13-15H2,(H,29,31). The van der Waals surface area contributed by atoms with Crippen LogP contribution < -0.4 is 5.32 Å². The molecular formula is C24H20ClF2N3O2. The Morgan fingerprint density at radius 1 is 1.03 bits per heavy atom. The number of carbonyl (C=O) groups excluding carboxylic acids is 2. The van der Waals surface area contributed by atoms with E-state index in [1.165, 1.54) is 0 Å². The molecule has 8 heteroatoms. The molecule has 0 bridgehead atoms. The molecular weight excluding hydrogens is 436 g/mol. The second-order valence-corrected chi connectivity index (χ2v) is 8.19. The summed E-state index contributed by atoms with van der Waals surface area (Å²) in [7, 11) is 0. The molecule has 1 N–H and O–H groups in total. The molecule has 164 valence electrons. The Balaban J connectivity index is 1.52. The first-order valence-corrected chi connectivity index (χ1v) is 10.4. The lowest BCUT2D eigenvalue weighted by Gasteiger charge is -2.37. The minimum Gasteiger partial charge on any atom is -0.332 e. The highest BCUT2D eigenvalue weighted by Gasteiger charge is 2.44. The Morgan fingerprint density at radius 3 is 2.47 bits per heavy atom. The van der Waals surface area contributed by atoms with Crippen LogP contribution >= 0.6 is 11.6 Å². The number of rotatable bonds is 4. The summed E-state index contributed by atoms with van der Waals surface area (Å²) < 4.78 is 29.0. The molecule has 4 rings (SSSR count). The van der Waals surface area contributed by atoms with Crippen molar-refractivity contribution in [3.8, 4) is 11.1 Å². The highest BCUT2D eigenvalue weighted by Crippen LogP contribution is 2.32. The number of hydrogen-bond donors (Lipinski definition) is 1. The molecule has 0 radical (unpaired) electrons. The van der Waals surface area contributed by atoms with Crippen molar-refractivity contribution in [1.29, 1.82) is 0 Å². The number of alkyl halides is 2. The molecule has 0 aliphatic carbocycles. The molecule has 1 aliphatic heterocycles. The molecule has 1 aromatic heterocycles. The average molecular weight is 456 g/mol. The first kappa shape index (κ1) is 21.9. The Hall–Kier alpha value is -3.32. The molecule has 2 amide bonds. The number of benzene rings is 2. The topological polar surface area (TPSA) is 62.3 Å². The van der Waals surface area contributed by atoms with Crippen LogP contribution in [-0.2, 0) is 4.79 Å². The van der Waals surface area contributed by atoms with E-state index in [1.807, 2.05) is 6.07 Å². The number of anilines is 1. The van der Waals surface area contributed by atoms with Crippen LogP contribution in [-0.4, -0.2) is 40.7 Å². The minimum absolute atomic E-state index is 0.0899. The number of nitrogens with zero attached hydrogens (tertiary/aromatic N) is 2. The lowest BCUT2D eigenvalue weighted by atomic mass is 9.93. The van der Waals surface area contributed by atoms with E-state index in [1.54, 1.807) is 67.0 Å². The molecule has 2 aromatic carbocycles. The highest BCUT2D eigenvalue weighted by molar-refractivity contribution is 6.30. The number of nitrogens with one attached hydrogen (secondary N) is 1. The Morgan fingerprint density at radius 2 is 1.75 bits per heavy atom. The molecule has 1 unspecified atom stereocenters. The predicted octanol–water partition coefficient (Wildman–Crippen LogP) is 5.14. The van der Waals surface area contributed by atoms with Gasteiger partial charge in [-0.3, -0.25) is 14.6 Å². The zero-order chi connectivity index (χ0) is 22.7. The maximum absolute atomic E-state index is 14.5. The van der Waals surface area contributed by atoms with E-state index in [2.05, 4.69) is 10.3 Å². The maximum atomic E-state index is 14.5. The fourth-order valence-electron chi connectivity index (χ4n) is 3.77. The SMILES string of the molecule is O=C(Nc1ccc(Cl)cc1)C1CN(C(=O)c2cccc(-c3ccncc3)c2)CC(F)(F)C1. The maximum Gasteiger partial charge on any atom is 0.266 e. The summed E-state index contributed by atoms with van der Waals surface area (Å²) in [5.41, 5.74) is 2.38. The van der Waals surface area contributed by atoms with Crippen LogP contribution in [0.4, 0.5) is 14.5 Å². The van der Waals surface area contributed by atoms with Crippen LogP contribution in [0.5, 0.6) is 0 Å². The highest BCUT2D eigenvalue weighted by atomic mass is 35.5. The van der Waals surface area contributed by atoms with Crippen molar-refractivity contribution < 1.29 is 18.4 Å². The number of carbonyl (C=O) groups is 2.